The Morgan fingerprint density at radius 2 is 2.00 bits per heavy atom. The smallest absolute Gasteiger partial charge is 0.437 e. The van der Waals surface area contributed by atoms with Crippen LogP contribution in [0.2, 0.25) is 0 Å². The molecule has 1 aliphatic heterocycles. The Hall–Kier alpha value is -2.85. The third-order valence-electron chi connectivity index (χ3n) is 3.64. The van der Waals surface area contributed by atoms with Crippen LogP contribution < -0.4 is 16.4 Å². The number of rotatable bonds is 1. The van der Waals surface area contributed by atoms with Gasteiger partial charge in [0.2, 0.25) is 18.0 Å². The summed E-state index contributed by atoms with van der Waals surface area (Å²) in [5.41, 5.74) is 4.39. The maximum atomic E-state index is 12.7. The van der Waals surface area contributed by atoms with E-state index in [9.17, 15) is 14.4 Å². The van der Waals surface area contributed by atoms with Crippen LogP contribution in [0.4, 0.5) is 4.79 Å². The van der Waals surface area contributed by atoms with Crippen LogP contribution in [0, 0.1) is 5.41 Å². The molecule has 5 N–H and O–H groups in total. The Labute approximate surface area is 175 Å². The number of carbonyl (C=O) groups is 3. The Morgan fingerprint density at radius 3 is 2.62 bits per heavy atom. The average Bonchev–Trinajstić information content (AvgIpc) is 2.59. The molecule has 1 saturated heterocycles. The normalized spacial score (nSPS) is 23.6. The Balaban J connectivity index is 3.51. The van der Waals surface area contributed by atoms with Gasteiger partial charge in [0.25, 0.3) is 0 Å². The van der Waals surface area contributed by atoms with E-state index >= 15 is 0 Å². The molecule has 11 heteroatoms. The van der Waals surface area contributed by atoms with Crippen molar-refractivity contribution < 1.29 is 28.0 Å². The molecule has 1 unspecified atom stereocenters. The van der Waals surface area contributed by atoms with Crippen LogP contribution in [-0.4, -0.2) is 60.1 Å². The van der Waals surface area contributed by atoms with Crippen molar-refractivity contribution in [3.63, 3.8) is 0 Å². The van der Waals surface area contributed by atoms with Crippen molar-refractivity contribution >= 4 is 29.9 Å². The van der Waals surface area contributed by atoms with Gasteiger partial charge in [0.05, 0.1) is 6.61 Å². The highest BCUT2D eigenvalue weighted by molar-refractivity contribution is 6.02. The quantitative estimate of drug-likeness (QED) is 0.281. The number of nitrogens with two attached hydrogens (primary N) is 1. The molecule has 2 amide bonds. The Morgan fingerprint density at radius 1 is 1.34 bits per heavy atom. The van der Waals surface area contributed by atoms with Gasteiger partial charge in [-0.15, -0.1) is 4.99 Å². The number of cyclic esters (lactones) is 1. The van der Waals surface area contributed by atoms with E-state index < -0.39 is 48.6 Å². The van der Waals surface area contributed by atoms with Crippen molar-refractivity contribution in [2.24, 2.45) is 10.7 Å². The predicted molar refractivity (Wildman–Crippen MR) is 107 cm³/mol. The van der Waals surface area contributed by atoms with Crippen LogP contribution in [0.5, 0.6) is 0 Å². The molecule has 1 atom stereocenters. The van der Waals surface area contributed by atoms with Gasteiger partial charge in [0, 0.05) is 17.5 Å². The monoisotopic (exact) mass is 415 g/mol. The molecule has 1 heterocycles. The van der Waals surface area contributed by atoms with Crippen molar-refractivity contribution in [3.05, 3.63) is 0 Å². The molecule has 11 nitrogen and oxygen atoms in total. The van der Waals surface area contributed by atoms with Gasteiger partial charge in [-0.2, -0.15) is 0 Å². The first-order valence-electron chi connectivity index (χ1n) is 10.9. The van der Waals surface area contributed by atoms with E-state index in [1.807, 2.05) is 0 Å². The maximum absolute atomic E-state index is 12.7. The zero-order chi connectivity index (χ0) is 24.5. The van der Waals surface area contributed by atoms with E-state index in [-0.39, 0.29) is 13.0 Å². The molecule has 0 aliphatic carbocycles. The summed E-state index contributed by atoms with van der Waals surface area (Å²) < 4.78 is 33.9. The second kappa shape index (κ2) is 11.2. The Bertz CT molecular complexity index is 736. The lowest BCUT2D eigenvalue weighted by atomic mass is 10.1. The fourth-order valence-corrected chi connectivity index (χ4v) is 2.37. The van der Waals surface area contributed by atoms with Crippen molar-refractivity contribution in [1.82, 2.24) is 15.5 Å². The zero-order valence-corrected chi connectivity index (χ0v) is 17.0. The fourth-order valence-electron chi connectivity index (χ4n) is 2.37. The van der Waals surface area contributed by atoms with Gasteiger partial charge in [0.1, 0.15) is 5.60 Å². The number of hydrogen-bond donors (Lipinski definition) is 4. The van der Waals surface area contributed by atoms with Crippen LogP contribution in [0.15, 0.2) is 4.99 Å². The van der Waals surface area contributed by atoms with Crippen LogP contribution >= 0.6 is 0 Å². The van der Waals surface area contributed by atoms with E-state index in [0.29, 0.717) is 17.7 Å². The Kier molecular flexibility index (Phi) is 7.53. The molecule has 0 saturated carbocycles. The number of nitrogens with zero attached hydrogens (tertiary/aromatic N) is 2. The summed E-state index contributed by atoms with van der Waals surface area (Å²) in [7, 11) is 0. The number of nitrogens with one attached hydrogen (secondary N) is 3. The highest BCUT2D eigenvalue weighted by Crippen LogP contribution is 2.10. The largest absolute Gasteiger partial charge is 0.463 e. The van der Waals surface area contributed by atoms with E-state index in [4.69, 9.17) is 24.7 Å². The van der Waals surface area contributed by atoms with Crippen LogP contribution in [0.3, 0.4) is 0 Å². The minimum atomic E-state index is -3.10. The van der Waals surface area contributed by atoms with E-state index in [1.54, 1.807) is 20.8 Å². The lowest BCUT2D eigenvalue weighted by Gasteiger charge is -2.30. The number of likely N-dealkylation sites (N-methyl/N-ethyl adjacent to an activating group) is 1. The summed E-state index contributed by atoms with van der Waals surface area (Å²) in [5, 5.41) is 12.0. The molecule has 29 heavy (non-hydrogen) atoms. The van der Waals surface area contributed by atoms with Crippen LogP contribution in [0.25, 0.3) is 0 Å². The molecule has 0 bridgehead atoms. The number of aliphatic imine (C=N–C) groups is 1. The maximum Gasteiger partial charge on any atom is 0.437 e. The van der Waals surface area contributed by atoms with Gasteiger partial charge in [-0.3, -0.25) is 15.5 Å². The molecule has 0 aromatic heterocycles. The fraction of sp³-hybridized carbons (Fsp3) is 0.722. The van der Waals surface area contributed by atoms with Gasteiger partial charge in [-0.05, 0) is 33.6 Å². The second-order valence-electron chi connectivity index (χ2n) is 7.48. The van der Waals surface area contributed by atoms with Crippen molar-refractivity contribution in [2.75, 3.05) is 13.6 Å². The standard InChI is InChI=1S/C18H32N6O5/c1-18(2,3)29-17(27)23-16-21-12(25)10-8-6-5-7-9-11-28-14(26)13(24(16)4)22-15(19)20/h13H,5-11H2,1-4H3,(H4,19,20,22)(H,21,23,25,27)/i4D3. The average molecular weight is 416 g/mol. The first-order valence-corrected chi connectivity index (χ1v) is 9.39. The molecule has 1 fully saturated rings. The number of hydrogen-bond acceptors (Lipinski definition) is 6. The van der Waals surface area contributed by atoms with E-state index in [1.165, 1.54) is 0 Å². The molecular weight excluding hydrogens is 380 g/mol. The third-order valence-corrected chi connectivity index (χ3v) is 3.64. The molecule has 164 valence electrons. The summed E-state index contributed by atoms with van der Waals surface area (Å²) >= 11 is 0. The second-order valence-corrected chi connectivity index (χ2v) is 7.48. The molecular formula is C18H32N6O5. The third kappa shape index (κ3) is 9.77. The minimum absolute atomic E-state index is 0.0225. The zero-order valence-electron chi connectivity index (χ0n) is 20.0. The van der Waals surface area contributed by atoms with E-state index in [0.717, 1.165) is 19.3 Å². The molecule has 1 rings (SSSR count). The van der Waals surface area contributed by atoms with Gasteiger partial charge in [-0.1, -0.05) is 19.3 Å². The number of carbonyl (C=O) groups excluding carboxylic acids is 3. The first kappa shape index (κ1) is 19.5. The molecule has 0 spiro atoms. The van der Waals surface area contributed by atoms with Crippen molar-refractivity contribution in [3.8, 4) is 0 Å². The lowest BCUT2D eigenvalue weighted by Crippen LogP contribution is -2.59. The number of esters is 1. The summed E-state index contributed by atoms with van der Waals surface area (Å²) in [6, 6.07) is 0. The lowest BCUT2D eigenvalue weighted by molar-refractivity contribution is -0.149. The number of ether oxygens (including phenoxy) is 2. The molecule has 0 radical (unpaired) electrons. The SMILES string of the molecule is [2H]C([2H])([2H])N1C(=NC(=O)OC(C)(C)C)NC(=O)CCCCCCCOC(=O)C1NC(=N)N. The minimum Gasteiger partial charge on any atom is -0.463 e. The number of guanidine groups is 2. The summed E-state index contributed by atoms with van der Waals surface area (Å²) in [6.45, 7) is 1.66. The predicted octanol–water partition coefficient (Wildman–Crippen LogP) is 1.03. The highest BCUT2D eigenvalue weighted by atomic mass is 16.6. The van der Waals surface area contributed by atoms with Gasteiger partial charge < -0.3 is 25.4 Å². The summed E-state index contributed by atoms with van der Waals surface area (Å²) in [6.07, 6.45) is 0.400. The van der Waals surface area contributed by atoms with Gasteiger partial charge in [0.15, 0.2) is 5.96 Å². The summed E-state index contributed by atoms with van der Waals surface area (Å²) in [5.74, 6) is -3.16. The highest BCUT2D eigenvalue weighted by Gasteiger charge is 2.30. The first-order chi connectivity index (χ1) is 14.7. The molecule has 0 aromatic rings. The van der Waals surface area contributed by atoms with Gasteiger partial charge in [-0.25, -0.2) is 9.59 Å². The van der Waals surface area contributed by atoms with Crippen LogP contribution in [-0.2, 0) is 19.1 Å². The summed E-state index contributed by atoms with van der Waals surface area (Å²) in [4.78, 5) is 41.5. The van der Waals surface area contributed by atoms with Crippen LogP contribution in [0.1, 0.15) is 63.4 Å². The molecule has 0 aromatic carbocycles. The van der Waals surface area contributed by atoms with Crippen molar-refractivity contribution in [1.29, 1.82) is 5.41 Å². The van der Waals surface area contributed by atoms with Crippen molar-refractivity contribution in [2.45, 2.75) is 71.1 Å². The topological polar surface area (TPSA) is 159 Å². The molecule has 1 aliphatic rings. The number of amides is 2. The van der Waals surface area contributed by atoms with E-state index in [2.05, 4.69) is 15.6 Å². The van der Waals surface area contributed by atoms with Gasteiger partial charge >= 0.3 is 12.1 Å².